The van der Waals surface area contributed by atoms with Crippen molar-refractivity contribution in [2.75, 3.05) is 6.61 Å². The number of ether oxygens (including phenoxy) is 1. The highest BCUT2D eigenvalue weighted by Gasteiger charge is 2.09. The van der Waals surface area contributed by atoms with Gasteiger partial charge in [0.2, 0.25) is 0 Å². The molecule has 0 aliphatic carbocycles. The summed E-state index contributed by atoms with van der Waals surface area (Å²) in [7, 11) is 0. The predicted molar refractivity (Wildman–Crippen MR) is 83.4 cm³/mol. The van der Waals surface area contributed by atoms with Crippen molar-refractivity contribution in [1.29, 1.82) is 0 Å². The van der Waals surface area contributed by atoms with Gasteiger partial charge in [0, 0.05) is 12.0 Å². The van der Waals surface area contributed by atoms with Gasteiger partial charge in [0.05, 0.1) is 6.61 Å². The summed E-state index contributed by atoms with van der Waals surface area (Å²) in [6, 6.07) is 7.23. The molecule has 0 saturated heterocycles. The SMILES string of the molecule is C=C(C)C(=O)OCCCCCC(=O)On1nnc2ccccc21. The second-order valence-corrected chi connectivity index (χ2v) is 5.14. The summed E-state index contributed by atoms with van der Waals surface area (Å²) in [6.45, 7) is 5.43. The molecule has 122 valence electrons. The van der Waals surface area contributed by atoms with E-state index in [0.29, 0.717) is 36.1 Å². The Morgan fingerprint density at radius 1 is 1.22 bits per heavy atom. The Labute approximate surface area is 133 Å². The first-order valence-corrected chi connectivity index (χ1v) is 7.42. The number of hydrogen-bond acceptors (Lipinski definition) is 6. The molecule has 0 fully saturated rings. The van der Waals surface area contributed by atoms with Crippen molar-refractivity contribution < 1.29 is 19.2 Å². The monoisotopic (exact) mass is 317 g/mol. The lowest BCUT2D eigenvalue weighted by Gasteiger charge is -2.05. The van der Waals surface area contributed by atoms with Gasteiger partial charge in [0.25, 0.3) is 0 Å². The van der Waals surface area contributed by atoms with Crippen molar-refractivity contribution in [3.05, 3.63) is 36.4 Å². The number of nitrogens with zero attached hydrogens (tertiary/aromatic N) is 3. The highest BCUT2D eigenvalue weighted by Crippen LogP contribution is 2.09. The molecular weight excluding hydrogens is 298 g/mol. The Balaban J connectivity index is 1.66. The van der Waals surface area contributed by atoms with E-state index in [1.165, 1.54) is 0 Å². The average Bonchev–Trinajstić information content (AvgIpc) is 2.93. The molecule has 1 aromatic heterocycles. The number of benzene rings is 1. The molecule has 23 heavy (non-hydrogen) atoms. The van der Waals surface area contributed by atoms with E-state index in [2.05, 4.69) is 16.9 Å². The quantitative estimate of drug-likeness (QED) is 0.321. The van der Waals surface area contributed by atoms with Crippen molar-refractivity contribution in [1.82, 2.24) is 15.2 Å². The third kappa shape index (κ3) is 4.91. The summed E-state index contributed by atoms with van der Waals surface area (Å²) in [6.07, 6.45) is 2.37. The largest absolute Gasteiger partial charge is 0.462 e. The van der Waals surface area contributed by atoms with E-state index in [0.717, 1.165) is 11.3 Å². The summed E-state index contributed by atoms with van der Waals surface area (Å²) in [5.74, 6) is -0.762. The minimum atomic E-state index is -0.387. The molecule has 0 amide bonds. The predicted octanol–water partition coefficient (Wildman–Crippen LogP) is 2.07. The summed E-state index contributed by atoms with van der Waals surface area (Å²) in [5, 5.41) is 7.69. The first-order valence-electron chi connectivity index (χ1n) is 7.42. The van der Waals surface area contributed by atoms with Crippen LogP contribution in [0, 0.1) is 0 Å². The number of hydrogen-bond donors (Lipinski definition) is 0. The first-order chi connectivity index (χ1) is 11.1. The number of carbonyl (C=O) groups excluding carboxylic acids is 2. The lowest BCUT2D eigenvalue weighted by atomic mass is 10.2. The van der Waals surface area contributed by atoms with E-state index >= 15 is 0 Å². The van der Waals surface area contributed by atoms with E-state index in [-0.39, 0.29) is 18.4 Å². The van der Waals surface area contributed by atoms with E-state index < -0.39 is 0 Å². The third-order valence-electron chi connectivity index (χ3n) is 3.12. The topological polar surface area (TPSA) is 83.3 Å². The molecule has 0 spiro atoms. The average molecular weight is 317 g/mol. The molecule has 2 aromatic rings. The molecule has 0 atom stereocenters. The lowest BCUT2D eigenvalue weighted by molar-refractivity contribution is -0.145. The minimum Gasteiger partial charge on any atom is -0.462 e. The Morgan fingerprint density at radius 2 is 2.00 bits per heavy atom. The summed E-state index contributed by atoms with van der Waals surface area (Å²) >= 11 is 0. The maximum absolute atomic E-state index is 11.8. The molecule has 0 aliphatic rings. The molecule has 1 heterocycles. The van der Waals surface area contributed by atoms with Crippen LogP contribution in [0.1, 0.15) is 32.6 Å². The van der Waals surface area contributed by atoms with Gasteiger partial charge in [-0.1, -0.05) is 23.6 Å². The van der Waals surface area contributed by atoms with Crippen molar-refractivity contribution >= 4 is 23.0 Å². The third-order valence-corrected chi connectivity index (χ3v) is 3.12. The lowest BCUT2D eigenvalue weighted by Crippen LogP contribution is -2.20. The van der Waals surface area contributed by atoms with Gasteiger partial charge in [-0.3, -0.25) is 0 Å². The molecule has 0 bridgehead atoms. The molecule has 0 saturated carbocycles. The number of unbranched alkanes of at least 4 members (excludes halogenated alkanes) is 2. The van der Waals surface area contributed by atoms with Crippen LogP contribution in [-0.4, -0.2) is 33.7 Å². The number of aromatic nitrogens is 3. The Morgan fingerprint density at radius 3 is 2.78 bits per heavy atom. The molecule has 2 rings (SSSR count). The van der Waals surface area contributed by atoms with Gasteiger partial charge in [-0.15, -0.1) is 5.10 Å². The van der Waals surface area contributed by atoms with Crippen molar-refractivity contribution in [2.24, 2.45) is 0 Å². The van der Waals surface area contributed by atoms with Gasteiger partial charge in [-0.2, -0.15) is 0 Å². The van der Waals surface area contributed by atoms with Crippen molar-refractivity contribution in [3.8, 4) is 0 Å². The van der Waals surface area contributed by atoms with Crippen LogP contribution in [0.2, 0.25) is 0 Å². The second kappa shape index (κ2) is 8.07. The zero-order valence-electron chi connectivity index (χ0n) is 13.0. The molecule has 0 N–H and O–H groups in total. The van der Waals surface area contributed by atoms with Crippen LogP contribution in [0.3, 0.4) is 0 Å². The minimum absolute atomic E-state index is 0.266. The fourth-order valence-electron chi connectivity index (χ4n) is 1.89. The maximum atomic E-state index is 11.8. The smallest absolute Gasteiger partial charge is 0.335 e. The molecule has 7 nitrogen and oxygen atoms in total. The van der Waals surface area contributed by atoms with Crippen LogP contribution in [-0.2, 0) is 14.3 Å². The molecule has 0 unspecified atom stereocenters. The van der Waals surface area contributed by atoms with E-state index in [1.807, 2.05) is 12.1 Å². The van der Waals surface area contributed by atoms with E-state index in [4.69, 9.17) is 9.57 Å². The first kappa shape index (κ1) is 16.7. The van der Waals surface area contributed by atoms with Gasteiger partial charge < -0.3 is 9.57 Å². The standard InChI is InChI=1S/C16H19N3O4/c1-12(2)16(21)22-11-7-3-4-10-15(20)23-19-14-9-6-5-8-13(14)17-18-19/h5-6,8-9H,1,3-4,7,10-11H2,2H3. The fraction of sp³-hybridized carbons (Fsp3) is 0.375. The van der Waals surface area contributed by atoms with Crippen LogP contribution < -0.4 is 4.84 Å². The van der Waals surface area contributed by atoms with Crippen LogP contribution in [0.4, 0.5) is 0 Å². The van der Waals surface area contributed by atoms with Crippen LogP contribution in [0.25, 0.3) is 11.0 Å². The van der Waals surface area contributed by atoms with Gasteiger partial charge >= 0.3 is 11.9 Å². The highest BCUT2D eigenvalue weighted by molar-refractivity contribution is 5.86. The normalized spacial score (nSPS) is 10.5. The number of carbonyl (C=O) groups is 2. The summed E-state index contributed by atoms with van der Waals surface area (Å²) < 4.78 is 4.97. The Kier molecular flexibility index (Phi) is 5.85. The number of para-hydroxylation sites is 1. The van der Waals surface area contributed by atoms with Crippen LogP contribution >= 0.6 is 0 Å². The van der Waals surface area contributed by atoms with Crippen LogP contribution in [0.5, 0.6) is 0 Å². The molecule has 0 radical (unpaired) electrons. The number of esters is 1. The Hall–Kier alpha value is -2.70. The molecule has 1 aromatic carbocycles. The van der Waals surface area contributed by atoms with Gasteiger partial charge in [0.1, 0.15) is 11.0 Å². The Bertz CT molecular complexity index is 708. The molecule has 7 heteroatoms. The second-order valence-electron chi connectivity index (χ2n) is 5.14. The van der Waals surface area contributed by atoms with Gasteiger partial charge in [0.15, 0.2) is 0 Å². The van der Waals surface area contributed by atoms with E-state index in [1.54, 1.807) is 19.1 Å². The molecular formula is C16H19N3O4. The zero-order chi connectivity index (χ0) is 16.7. The fourth-order valence-corrected chi connectivity index (χ4v) is 1.89. The zero-order valence-corrected chi connectivity index (χ0v) is 13.0. The number of fused-ring (bicyclic) bond motifs is 1. The maximum Gasteiger partial charge on any atom is 0.335 e. The summed E-state index contributed by atoms with van der Waals surface area (Å²) in [5.41, 5.74) is 1.70. The molecule has 0 aliphatic heterocycles. The van der Waals surface area contributed by atoms with Gasteiger partial charge in [-0.05, 0) is 43.5 Å². The highest BCUT2D eigenvalue weighted by atomic mass is 16.7. The van der Waals surface area contributed by atoms with Crippen molar-refractivity contribution in [2.45, 2.75) is 32.6 Å². The van der Waals surface area contributed by atoms with Gasteiger partial charge in [-0.25, -0.2) is 9.59 Å². The number of rotatable bonds is 8. The van der Waals surface area contributed by atoms with E-state index in [9.17, 15) is 9.59 Å². The van der Waals surface area contributed by atoms with Crippen molar-refractivity contribution in [3.63, 3.8) is 0 Å². The summed E-state index contributed by atoms with van der Waals surface area (Å²) in [4.78, 5) is 29.2. The van der Waals surface area contributed by atoms with Crippen LogP contribution in [0.15, 0.2) is 36.4 Å².